The largest absolute Gasteiger partial charge is 0.381 e. The molecule has 5 nitrogen and oxygen atoms in total. The minimum absolute atomic E-state index is 0.0496. The fraction of sp³-hybridized carbons (Fsp3) is 0.778. The maximum Gasteiger partial charge on any atom is 0.243 e. The summed E-state index contributed by atoms with van der Waals surface area (Å²) in [5.41, 5.74) is 5.22. The van der Waals surface area contributed by atoms with Crippen LogP contribution in [0.4, 0.5) is 0 Å². The van der Waals surface area contributed by atoms with Gasteiger partial charge in [0.2, 0.25) is 5.91 Å². The van der Waals surface area contributed by atoms with Crippen LogP contribution in [0.15, 0.2) is 0 Å². The van der Waals surface area contributed by atoms with Crippen LogP contribution in [-0.4, -0.2) is 30.8 Å². The number of ether oxygens (including phenoxy) is 1. The van der Waals surface area contributed by atoms with Crippen molar-refractivity contribution in [2.45, 2.75) is 19.8 Å². The maximum atomic E-state index is 11.5. The zero-order chi connectivity index (χ0) is 11.1. The molecule has 86 valence electrons. The van der Waals surface area contributed by atoms with Gasteiger partial charge in [-0.1, -0.05) is 6.92 Å². The van der Waals surface area contributed by atoms with E-state index in [0.717, 1.165) is 19.4 Å². The predicted molar refractivity (Wildman–Crippen MR) is 61.1 cm³/mol. The van der Waals surface area contributed by atoms with E-state index in [1.165, 1.54) is 0 Å². The van der Waals surface area contributed by atoms with Gasteiger partial charge in [-0.05, 0) is 25.1 Å². The maximum absolute atomic E-state index is 11.5. The lowest BCUT2D eigenvalue weighted by atomic mass is 10.1. The highest BCUT2D eigenvalue weighted by atomic mass is 32.1. The molecule has 1 atom stereocenters. The molecule has 1 saturated heterocycles. The topological polar surface area (TPSA) is 62.4 Å². The van der Waals surface area contributed by atoms with E-state index in [0.29, 0.717) is 18.3 Å². The molecule has 0 radical (unpaired) electrons. The number of rotatable bonds is 3. The van der Waals surface area contributed by atoms with Crippen LogP contribution < -0.4 is 16.2 Å². The quantitative estimate of drug-likeness (QED) is 0.469. The average molecular weight is 231 g/mol. The van der Waals surface area contributed by atoms with E-state index in [4.69, 9.17) is 17.0 Å². The first-order chi connectivity index (χ1) is 7.24. The summed E-state index contributed by atoms with van der Waals surface area (Å²) in [5, 5.41) is 3.40. The monoisotopic (exact) mass is 231 g/mol. The number of carbonyl (C=O) groups excluding carboxylic acids is 1. The van der Waals surface area contributed by atoms with Gasteiger partial charge in [-0.3, -0.25) is 15.6 Å². The summed E-state index contributed by atoms with van der Waals surface area (Å²) in [5.74, 6) is -0.111. The summed E-state index contributed by atoms with van der Waals surface area (Å²) in [6, 6.07) is 0. The van der Waals surface area contributed by atoms with Gasteiger partial charge in [0.25, 0.3) is 0 Å². The van der Waals surface area contributed by atoms with Gasteiger partial charge in [0.05, 0.1) is 12.5 Å². The van der Waals surface area contributed by atoms with Crippen LogP contribution in [0.25, 0.3) is 0 Å². The minimum atomic E-state index is -0.0619. The summed E-state index contributed by atoms with van der Waals surface area (Å²) in [7, 11) is 0. The highest BCUT2D eigenvalue weighted by Crippen LogP contribution is 2.11. The number of hydrogen-bond donors (Lipinski definition) is 3. The summed E-state index contributed by atoms with van der Waals surface area (Å²) in [6.07, 6.45) is 1.77. The van der Waals surface area contributed by atoms with Crippen molar-refractivity contribution < 1.29 is 9.53 Å². The lowest BCUT2D eigenvalue weighted by molar-refractivity contribution is -0.125. The molecule has 3 N–H and O–H groups in total. The molecule has 1 rings (SSSR count). The highest BCUT2D eigenvalue weighted by molar-refractivity contribution is 7.80. The zero-order valence-corrected chi connectivity index (χ0v) is 9.65. The number of thiocarbonyl (C=S) groups is 1. The normalized spacial score (nSPS) is 19.7. The molecule has 15 heavy (non-hydrogen) atoms. The van der Waals surface area contributed by atoms with Gasteiger partial charge in [-0.2, -0.15) is 0 Å². The lowest BCUT2D eigenvalue weighted by Crippen LogP contribution is -2.48. The molecule has 0 spiro atoms. The molecule has 1 unspecified atom stereocenters. The Kier molecular flexibility index (Phi) is 5.34. The lowest BCUT2D eigenvalue weighted by Gasteiger charge is -2.12. The molecular formula is C9H17N3O2S. The van der Waals surface area contributed by atoms with Crippen molar-refractivity contribution in [1.29, 1.82) is 0 Å². The van der Waals surface area contributed by atoms with Crippen LogP contribution in [0, 0.1) is 5.92 Å². The number of hydrazine groups is 1. The van der Waals surface area contributed by atoms with Gasteiger partial charge < -0.3 is 10.1 Å². The summed E-state index contributed by atoms with van der Waals surface area (Å²) in [6.45, 7) is 4.01. The molecule has 0 aromatic heterocycles. The molecule has 1 amide bonds. The Morgan fingerprint density at radius 1 is 1.53 bits per heavy atom. The molecular weight excluding hydrogens is 214 g/mol. The molecule has 0 bridgehead atoms. The summed E-state index contributed by atoms with van der Waals surface area (Å²) >= 11 is 4.94. The van der Waals surface area contributed by atoms with E-state index in [9.17, 15) is 4.79 Å². The average Bonchev–Trinajstić information content (AvgIpc) is 2.76. The Hall–Kier alpha value is -0.880. The van der Waals surface area contributed by atoms with Crippen LogP contribution >= 0.6 is 12.2 Å². The molecule has 0 aliphatic carbocycles. The van der Waals surface area contributed by atoms with Gasteiger partial charge in [-0.15, -0.1) is 0 Å². The Balaban J connectivity index is 2.12. The van der Waals surface area contributed by atoms with Crippen LogP contribution in [0.2, 0.25) is 0 Å². The van der Waals surface area contributed by atoms with Crippen LogP contribution in [0.5, 0.6) is 0 Å². The second-order valence-electron chi connectivity index (χ2n) is 3.43. The highest BCUT2D eigenvalue weighted by Gasteiger charge is 2.23. The van der Waals surface area contributed by atoms with Gasteiger partial charge in [0.15, 0.2) is 5.11 Å². The van der Waals surface area contributed by atoms with Crippen LogP contribution in [-0.2, 0) is 9.53 Å². The Morgan fingerprint density at radius 3 is 2.93 bits per heavy atom. The molecule has 1 fully saturated rings. The van der Waals surface area contributed by atoms with Crippen molar-refractivity contribution in [3.05, 3.63) is 0 Å². The Labute approximate surface area is 94.9 Å². The Bertz CT molecular complexity index is 229. The SMILES string of the molecule is CCCNC(=S)NNC(=O)C1CCOC1. The number of nitrogens with one attached hydrogen (secondary N) is 3. The first kappa shape index (κ1) is 12.2. The van der Waals surface area contributed by atoms with Crippen molar-refractivity contribution >= 4 is 23.2 Å². The molecule has 0 aromatic carbocycles. The van der Waals surface area contributed by atoms with Gasteiger partial charge in [0.1, 0.15) is 0 Å². The van der Waals surface area contributed by atoms with E-state index in [1.54, 1.807) is 0 Å². The molecule has 1 heterocycles. The van der Waals surface area contributed by atoms with Crippen molar-refractivity contribution in [2.24, 2.45) is 5.92 Å². The third-order valence-electron chi connectivity index (χ3n) is 2.14. The van der Waals surface area contributed by atoms with Crippen molar-refractivity contribution in [1.82, 2.24) is 16.2 Å². The summed E-state index contributed by atoms with van der Waals surface area (Å²) < 4.78 is 5.11. The second-order valence-corrected chi connectivity index (χ2v) is 3.84. The van der Waals surface area contributed by atoms with Gasteiger partial charge in [-0.25, -0.2) is 0 Å². The minimum Gasteiger partial charge on any atom is -0.381 e. The van der Waals surface area contributed by atoms with E-state index >= 15 is 0 Å². The van der Waals surface area contributed by atoms with E-state index in [1.807, 2.05) is 6.92 Å². The van der Waals surface area contributed by atoms with Crippen molar-refractivity contribution in [3.8, 4) is 0 Å². The smallest absolute Gasteiger partial charge is 0.243 e. The fourth-order valence-corrected chi connectivity index (χ4v) is 1.40. The molecule has 0 saturated carbocycles. The van der Waals surface area contributed by atoms with Crippen LogP contribution in [0.3, 0.4) is 0 Å². The number of hydrogen-bond acceptors (Lipinski definition) is 3. The molecule has 0 aromatic rings. The van der Waals surface area contributed by atoms with Gasteiger partial charge >= 0.3 is 0 Å². The van der Waals surface area contributed by atoms with Gasteiger partial charge in [0, 0.05) is 13.2 Å². The Morgan fingerprint density at radius 2 is 2.33 bits per heavy atom. The third-order valence-corrected chi connectivity index (χ3v) is 2.38. The third kappa shape index (κ3) is 4.44. The first-order valence-electron chi connectivity index (χ1n) is 5.15. The van der Waals surface area contributed by atoms with E-state index in [-0.39, 0.29) is 11.8 Å². The van der Waals surface area contributed by atoms with Crippen LogP contribution in [0.1, 0.15) is 19.8 Å². The molecule has 1 aliphatic rings. The van der Waals surface area contributed by atoms with Crippen molar-refractivity contribution in [2.75, 3.05) is 19.8 Å². The molecule has 6 heteroatoms. The predicted octanol–water partition coefficient (Wildman–Crippen LogP) is -0.0718. The van der Waals surface area contributed by atoms with E-state index in [2.05, 4.69) is 16.2 Å². The standard InChI is InChI=1S/C9H17N3O2S/c1-2-4-10-9(15)12-11-8(13)7-3-5-14-6-7/h7H,2-6H2,1H3,(H,11,13)(H2,10,12,15). The first-order valence-corrected chi connectivity index (χ1v) is 5.56. The number of amides is 1. The second kappa shape index (κ2) is 6.58. The zero-order valence-electron chi connectivity index (χ0n) is 8.84. The molecule has 1 aliphatic heterocycles. The fourth-order valence-electron chi connectivity index (χ4n) is 1.24. The van der Waals surface area contributed by atoms with Crippen molar-refractivity contribution in [3.63, 3.8) is 0 Å². The number of carbonyl (C=O) groups is 1. The van der Waals surface area contributed by atoms with E-state index < -0.39 is 0 Å². The summed E-state index contributed by atoms with van der Waals surface area (Å²) in [4.78, 5) is 11.5.